The first-order chi connectivity index (χ1) is 7.97. The van der Waals surface area contributed by atoms with Gasteiger partial charge in [-0.3, -0.25) is 0 Å². The monoisotopic (exact) mass is 280 g/mol. The zero-order valence-electron chi connectivity index (χ0n) is 8.73. The molecule has 1 unspecified atom stereocenters. The van der Waals surface area contributed by atoms with Gasteiger partial charge in [0.15, 0.2) is 11.6 Å². The number of ether oxygens (including phenoxy) is 2. The second kappa shape index (κ2) is 4.80. The maximum Gasteiger partial charge on any atom is 0.261 e. The maximum atomic E-state index is 13.5. The van der Waals surface area contributed by atoms with Gasteiger partial charge >= 0.3 is 0 Å². The average Bonchev–Trinajstić information content (AvgIpc) is 2.72. The van der Waals surface area contributed by atoms with Crippen LogP contribution in [0.5, 0.6) is 5.75 Å². The maximum absolute atomic E-state index is 13.5. The second-order valence-corrected chi connectivity index (χ2v) is 6.20. The number of benzene rings is 1. The molecule has 1 fully saturated rings. The molecular formula is C10H10ClFO4S. The Morgan fingerprint density at radius 1 is 1.47 bits per heavy atom. The standard InChI is InChI=1S/C10H10ClFO4S/c11-17(13,14)8-1-2-10(9(12)5-8)16-7-3-4-15-6-7/h1-2,5,7H,3-4,6H2. The molecule has 7 heteroatoms. The highest BCUT2D eigenvalue weighted by molar-refractivity contribution is 8.13. The molecular weight excluding hydrogens is 271 g/mol. The van der Waals surface area contributed by atoms with Crippen molar-refractivity contribution in [3.8, 4) is 5.75 Å². The Morgan fingerprint density at radius 2 is 2.24 bits per heavy atom. The fraction of sp³-hybridized carbons (Fsp3) is 0.400. The van der Waals surface area contributed by atoms with E-state index in [2.05, 4.69) is 0 Å². The van der Waals surface area contributed by atoms with Gasteiger partial charge in [-0.15, -0.1) is 0 Å². The SMILES string of the molecule is O=S(=O)(Cl)c1ccc(OC2CCOC2)c(F)c1. The minimum atomic E-state index is -3.92. The first kappa shape index (κ1) is 12.6. The van der Waals surface area contributed by atoms with Crippen molar-refractivity contribution in [1.82, 2.24) is 0 Å². The van der Waals surface area contributed by atoms with Crippen LogP contribution in [0.3, 0.4) is 0 Å². The van der Waals surface area contributed by atoms with Crippen LogP contribution in [-0.4, -0.2) is 27.7 Å². The molecule has 1 saturated heterocycles. The molecule has 0 aliphatic carbocycles. The van der Waals surface area contributed by atoms with Gasteiger partial charge in [0.2, 0.25) is 0 Å². The van der Waals surface area contributed by atoms with Crippen molar-refractivity contribution in [2.45, 2.75) is 17.4 Å². The van der Waals surface area contributed by atoms with Crippen LogP contribution in [0.1, 0.15) is 6.42 Å². The average molecular weight is 281 g/mol. The molecule has 1 atom stereocenters. The molecule has 4 nitrogen and oxygen atoms in total. The van der Waals surface area contributed by atoms with Gasteiger partial charge in [-0.25, -0.2) is 12.8 Å². The van der Waals surface area contributed by atoms with Gasteiger partial charge < -0.3 is 9.47 Å². The predicted octanol–water partition coefficient (Wildman–Crippen LogP) is 1.92. The minimum Gasteiger partial charge on any atom is -0.485 e. The molecule has 0 spiro atoms. The van der Waals surface area contributed by atoms with Crippen molar-refractivity contribution in [1.29, 1.82) is 0 Å². The van der Waals surface area contributed by atoms with Gasteiger partial charge in [0.05, 0.1) is 18.1 Å². The molecule has 94 valence electrons. The third kappa shape index (κ3) is 3.08. The van der Waals surface area contributed by atoms with Crippen LogP contribution in [0.4, 0.5) is 4.39 Å². The van der Waals surface area contributed by atoms with Crippen LogP contribution in [0, 0.1) is 5.82 Å². The summed E-state index contributed by atoms with van der Waals surface area (Å²) >= 11 is 0. The number of halogens is 2. The van der Waals surface area contributed by atoms with E-state index < -0.39 is 14.9 Å². The zero-order valence-corrected chi connectivity index (χ0v) is 10.3. The Kier molecular flexibility index (Phi) is 3.56. The fourth-order valence-corrected chi connectivity index (χ4v) is 2.28. The van der Waals surface area contributed by atoms with E-state index in [0.717, 1.165) is 6.07 Å². The van der Waals surface area contributed by atoms with E-state index in [1.54, 1.807) is 0 Å². The number of rotatable bonds is 3. The van der Waals surface area contributed by atoms with E-state index >= 15 is 0 Å². The minimum absolute atomic E-state index is 0.00423. The van der Waals surface area contributed by atoms with Crippen molar-refractivity contribution >= 4 is 19.7 Å². The lowest BCUT2D eigenvalue weighted by Crippen LogP contribution is -2.16. The molecule has 0 bridgehead atoms. The van der Waals surface area contributed by atoms with Gasteiger partial charge in [0, 0.05) is 17.1 Å². The smallest absolute Gasteiger partial charge is 0.261 e. The van der Waals surface area contributed by atoms with E-state index in [4.69, 9.17) is 20.2 Å². The summed E-state index contributed by atoms with van der Waals surface area (Å²) in [7, 11) is 1.18. The molecule has 1 aliphatic rings. The largest absolute Gasteiger partial charge is 0.485 e. The summed E-state index contributed by atoms with van der Waals surface area (Å²) in [5.74, 6) is -0.747. The van der Waals surface area contributed by atoms with Crippen molar-refractivity contribution in [3.05, 3.63) is 24.0 Å². The van der Waals surface area contributed by atoms with E-state index in [-0.39, 0.29) is 16.7 Å². The highest BCUT2D eigenvalue weighted by atomic mass is 35.7. The summed E-state index contributed by atoms with van der Waals surface area (Å²) in [5.41, 5.74) is 0. The van der Waals surface area contributed by atoms with E-state index in [9.17, 15) is 12.8 Å². The molecule has 0 amide bonds. The lowest BCUT2D eigenvalue weighted by atomic mass is 10.3. The molecule has 0 saturated carbocycles. The molecule has 1 aliphatic heterocycles. The lowest BCUT2D eigenvalue weighted by molar-refractivity contribution is 0.138. The Morgan fingerprint density at radius 3 is 2.76 bits per heavy atom. The van der Waals surface area contributed by atoms with Crippen molar-refractivity contribution in [3.63, 3.8) is 0 Å². The van der Waals surface area contributed by atoms with Gasteiger partial charge in [-0.1, -0.05) is 0 Å². The van der Waals surface area contributed by atoms with Crippen molar-refractivity contribution < 1.29 is 22.3 Å². The van der Waals surface area contributed by atoms with Crippen LogP contribution >= 0.6 is 10.7 Å². The van der Waals surface area contributed by atoms with Crippen LogP contribution < -0.4 is 4.74 Å². The summed E-state index contributed by atoms with van der Waals surface area (Å²) in [6.07, 6.45) is 0.498. The van der Waals surface area contributed by atoms with E-state index in [1.165, 1.54) is 12.1 Å². The molecule has 1 aromatic rings. The molecule has 0 radical (unpaired) electrons. The number of hydrogen-bond acceptors (Lipinski definition) is 4. The van der Waals surface area contributed by atoms with Crippen molar-refractivity contribution in [2.24, 2.45) is 0 Å². The van der Waals surface area contributed by atoms with Gasteiger partial charge in [-0.2, -0.15) is 0 Å². The van der Waals surface area contributed by atoms with Gasteiger partial charge in [-0.05, 0) is 18.2 Å². The van der Waals surface area contributed by atoms with E-state index in [1.807, 2.05) is 0 Å². The Balaban J connectivity index is 2.19. The highest BCUT2D eigenvalue weighted by Crippen LogP contribution is 2.25. The summed E-state index contributed by atoms with van der Waals surface area (Å²) in [5, 5.41) is 0. The first-order valence-corrected chi connectivity index (χ1v) is 7.26. The summed E-state index contributed by atoms with van der Waals surface area (Å²) in [4.78, 5) is -0.285. The van der Waals surface area contributed by atoms with Crippen molar-refractivity contribution in [2.75, 3.05) is 13.2 Å². The van der Waals surface area contributed by atoms with Crippen LogP contribution in [0.25, 0.3) is 0 Å². The molecule has 1 heterocycles. The quantitative estimate of drug-likeness (QED) is 0.794. The molecule has 0 aromatic heterocycles. The normalized spacial score (nSPS) is 20.5. The van der Waals surface area contributed by atoms with Crippen LogP contribution in [-0.2, 0) is 13.8 Å². The topological polar surface area (TPSA) is 52.6 Å². The third-order valence-electron chi connectivity index (χ3n) is 2.37. The molecule has 17 heavy (non-hydrogen) atoms. The lowest BCUT2D eigenvalue weighted by Gasteiger charge is -2.12. The Labute approximate surface area is 103 Å². The predicted molar refractivity (Wildman–Crippen MR) is 59.3 cm³/mol. The summed E-state index contributed by atoms with van der Waals surface area (Å²) in [6.45, 7) is 0.995. The summed E-state index contributed by atoms with van der Waals surface area (Å²) in [6, 6.07) is 3.30. The van der Waals surface area contributed by atoms with Gasteiger partial charge in [0.25, 0.3) is 9.05 Å². The molecule has 0 N–H and O–H groups in total. The molecule has 2 rings (SSSR count). The number of hydrogen-bond donors (Lipinski definition) is 0. The highest BCUT2D eigenvalue weighted by Gasteiger charge is 2.20. The van der Waals surface area contributed by atoms with E-state index in [0.29, 0.717) is 19.6 Å². The van der Waals surface area contributed by atoms with Crippen LogP contribution in [0.2, 0.25) is 0 Å². The Hall–Kier alpha value is -0.850. The third-order valence-corrected chi connectivity index (χ3v) is 3.72. The Bertz CT molecular complexity index is 511. The summed E-state index contributed by atoms with van der Waals surface area (Å²) < 4.78 is 45.9. The van der Waals surface area contributed by atoms with Gasteiger partial charge in [0.1, 0.15) is 6.10 Å². The zero-order chi connectivity index (χ0) is 12.5. The van der Waals surface area contributed by atoms with Crippen LogP contribution in [0.15, 0.2) is 23.1 Å². The molecule has 1 aromatic carbocycles. The first-order valence-electron chi connectivity index (χ1n) is 4.95. The second-order valence-electron chi connectivity index (χ2n) is 3.63. The fourth-order valence-electron chi connectivity index (χ4n) is 1.51.